The van der Waals surface area contributed by atoms with Gasteiger partial charge in [0.05, 0.1) is 37.9 Å². The van der Waals surface area contributed by atoms with Gasteiger partial charge in [0.1, 0.15) is 0 Å². The lowest BCUT2D eigenvalue weighted by atomic mass is 9.75. The minimum atomic E-state index is -3.39. The molecule has 2 unspecified atom stereocenters. The molecule has 2 aliphatic rings. The molecule has 0 spiro atoms. The number of nitrogens with one attached hydrogen (secondary N) is 1. The van der Waals surface area contributed by atoms with Crippen molar-refractivity contribution >= 4 is 37.4 Å². The third-order valence-electron chi connectivity index (χ3n) is 6.73. The molecule has 30 heavy (non-hydrogen) atoms. The predicted molar refractivity (Wildman–Crippen MR) is 119 cm³/mol. The lowest BCUT2D eigenvalue weighted by Crippen LogP contribution is -2.21. The maximum absolute atomic E-state index is 11.8. The van der Waals surface area contributed by atoms with Gasteiger partial charge < -0.3 is 9.47 Å². The average Bonchev–Trinajstić information content (AvgIpc) is 3.18. The van der Waals surface area contributed by atoms with E-state index in [2.05, 4.69) is 10.8 Å². The number of rotatable bonds is 4. The van der Waals surface area contributed by atoms with E-state index in [4.69, 9.17) is 14.5 Å². The molecule has 1 saturated carbocycles. The Kier molecular flexibility index (Phi) is 4.54. The van der Waals surface area contributed by atoms with Crippen molar-refractivity contribution in [3.05, 3.63) is 35.5 Å². The summed E-state index contributed by atoms with van der Waals surface area (Å²) >= 11 is 0. The van der Waals surface area contributed by atoms with Crippen molar-refractivity contribution in [2.75, 3.05) is 25.2 Å². The summed E-state index contributed by atoms with van der Waals surface area (Å²) in [5.41, 5.74) is 4.10. The number of pyridine rings is 1. The van der Waals surface area contributed by atoms with Crippen LogP contribution in [-0.4, -0.2) is 33.9 Å². The number of fused-ring (bicyclic) bond motifs is 7. The van der Waals surface area contributed by atoms with Crippen LogP contribution in [-0.2, 0) is 22.9 Å². The van der Waals surface area contributed by atoms with Crippen molar-refractivity contribution in [2.45, 2.75) is 32.1 Å². The third kappa shape index (κ3) is 3.16. The summed E-state index contributed by atoms with van der Waals surface area (Å²) in [4.78, 5) is 4.74. The van der Waals surface area contributed by atoms with Crippen LogP contribution in [0.15, 0.2) is 24.4 Å². The normalized spacial score (nSPS) is 20.8. The number of anilines is 1. The second-order valence-corrected chi connectivity index (χ2v) is 10.3. The Morgan fingerprint density at radius 3 is 2.20 bits per heavy atom. The van der Waals surface area contributed by atoms with Gasteiger partial charge in [-0.25, -0.2) is 8.42 Å². The van der Waals surface area contributed by atoms with Gasteiger partial charge in [-0.05, 0) is 77.6 Å². The maximum atomic E-state index is 11.8. The molecule has 1 N–H and O–H groups in total. The molecular formula is C23H26N2O4S. The van der Waals surface area contributed by atoms with Crippen LogP contribution < -0.4 is 14.2 Å². The molecule has 1 fully saturated rings. The summed E-state index contributed by atoms with van der Waals surface area (Å²) in [6.07, 6.45) is 8.74. The molecule has 0 bridgehead atoms. The summed E-state index contributed by atoms with van der Waals surface area (Å²) in [5.74, 6) is 2.81. The number of benzene rings is 2. The van der Waals surface area contributed by atoms with E-state index in [-0.39, 0.29) is 0 Å². The van der Waals surface area contributed by atoms with Gasteiger partial charge in [0.15, 0.2) is 11.5 Å². The van der Waals surface area contributed by atoms with E-state index >= 15 is 0 Å². The molecule has 1 aromatic heterocycles. The van der Waals surface area contributed by atoms with E-state index in [1.165, 1.54) is 30.4 Å². The maximum Gasteiger partial charge on any atom is 0.229 e. The summed E-state index contributed by atoms with van der Waals surface area (Å²) in [5, 5.41) is 3.11. The van der Waals surface area contributed by atoms with Crippen LogP contribution in [0.1, 0.15) is 30.4 Å². The highest BCUT2D eigenvalue weighted by Gasteiger charge is 2.34. The van der Waals surface area contributed by atoms with Gasteiger partial charge in [-0.3, -0.25) is 9.71 Å². The highest BCUT2D eigenvalue weighted by Crippen LogP contribution is 2.47. The van der Waals surface area contributed by atoms with Crippen LogP contribution in [0.2, 0.25) is 0 Å². The van der Waals surface area contributed by atoms with Crippen molar-refractivity contribution in [3.8, 4) is 11.5 Å². The summed E-state index contributed by atoms with van der Waals surface area (Å²) < 4.78 is 37.2. The van der Waals surface area contributed by atoms with E-state index in [9.17, 15) is 8.42 Å². The van der Waals surface area contributed by atoms with Gasteiger partial charge in [-0.15, -0.1) is 0 Å². The molecule has 5 rings (SSSR count). The molecule has 0 radical (unpaired) electrons. The minimum Gasteiger partial charge on any atom is -0.493 e. The molecular weight excluding hydrogens is 400 g/mol. The number of methoxy groups -OCH3 is 2. The van der Waals surface area contributed by atoms with E-state index in [1.54, 1.807) is 20.4 Å². The zero-order chi connectivity index (χ0) is 21.0. The number of ether oxygens (including phenoxy) is 2. The monoisotopic (exact) mass is 426 g/mol. The van der Waals surface area contributed by atoms with Crippen molar-refractivity contribution < 1.29 is 17.9 Å². The van der Waals surface area contributed by atoms with Crippen LogP contribution in [0.5, 0.6) is 11.5 Å². The molecule has 6 nitrogen and oxygen atoms in total. The average molecular weight is 427 g/mol. The van der Waals surface area contributed by atoms with Gasteiger partial charge in [-0.2, -0.15) is 0 Å². The zero-order valence-electron chi connectivity index (χ0n) is 17.5. The number of hydrogen-bond acceptors (Lipinski definition) is 5. The number of sulfonamides is 1. The molecule has 0 saturated heterocycles. The fourth-order valence-corrected chi connectivity index (χ4v) is 6.01. The number of nitrogens with zero attached hydrogens (tertiary/aromatic N) is 1. The Balaban J connectivity index is 1.84. The first-order valence-electron chi connectivity index (χ1n) is 10.3. The minimum absolute atomic E-state index is 0.468. The van der Waals surface area contributed by atoms with Gasteiger partial charge in [0, 0.05) is 5.39 Å². The van der Waals surface area contributed by atoms with Gasteiger partial charge in [0.25, 0.3) is 0 Å². The SMILES string of the molecule is COc1cc2c3c(c4ncc(NS(C)(=O)=O)cc4c2cc1OC)CC1CCCC1C3. The van der Waals surface area contributed by atoms with Crippen molar-refractivity contribution in [2.24, 2.45) is 11.8 Å². The van der Waals surface area contributed by atoms with Crippen molar-refractivity contribution in [3.63, 3.8) is 0 Å². The first kappa shape index (κ1) is 19.4. The van der Waals surface area contributed by atoms with E-state index in [0.29, 0.717) is 23.1 Å². The van der Waals surface area contributed by atoms with E-state index < -0.39 is 10.0 Å². The molecule has 1 heterocycles. The Morgan fingerprint density at radius 1 is 0.933 bits per heavy atom. The van der Waals surface area contributed by atoms with Crippen LogP contribution in [0.4, 0.5) is 5.69 Å². The quantitative estimate of drug-likeness (QED) is 0.630. The third-order valence-corrected chi connectivity index (χ3v) is 7.34. The van der Waals surface area contributed by atoms with E-state index in [1.807, 2.05) is 12.1 Å². The Bertz CT molecular complexity index is 1270. The Morgan fingerprint density at radius 2 is 1.57 bits per heavy atom. The number of hydrogen-bond donors (Lipinski definition) is 1. The van der Waals surface area contributed by atoms with Crippen LogP contribution in [0.3, 0.4) is 0 Å². The molecule has 3 aromatic rings. The first-order chi connectivity index (χ1) is 14.4. The van der Waals surface area contributed by atoms with Crippen LogP contribution in [0.25, 0.3) is 21.7 Å². The standard InChI is InChI=1S/C23H26N2O4S/c1-28-21-10-17-16-7-13-5-4-6-14(13)8-19(16)23-20(18(17)11-22(21)29-2)9-15(12-24-23)25-30(3,26)27/h9-14,25H,4-8H2,1-3H3. The fourth-order valence-electron chi connectivity index (χ4n) is 5.47. The zero-order valence-corrected chi connectivity index (χ0v) is 18.3. The molecule has 158 valence electrons. The second-order valence-electron chi connectivity index (χ2n) is 8.56. The largest absolute Gasteiger partial charge is 0.493 e. The molecule has 2 aromatic carbocycles. The van der Waals surface area contributed by atoms with Crippen molar-refractivity contribution in [1.29, 1.82) is 0 Å². The van der Waals surface area contributed by atoms with Gasteiger partial charge in [0.2, 0.25) is 10.0 Å². The summed E-state index contributed by atoms with van der Waals surface area (Å²) in [7, 11) is -0.106. The fraction of sp³-hybridized carbons (Fsp3) is 0.435. The van der Waals surface area contributed by atoms with Crippen molar-refractivity contribution in [1.82, 2.24) is 4.98 Å². The van der Waals surface area contributed by atoms with Crippen LogP contribution >= 0.6 is 0 Å². The summed E-state index contributed by atoms with van der Waals surface area (Å²) in [6.45, 7) is 0. The molecule has 7 heteroatoms. The van der Waals surface area contributed by atoms with Crippen LogP contribution in [0, 0.1) is 11.8 Å². The highest BCUT2D eigenvalue weighted by molar-refractivity contribution is 7.92. The molecule has 0 aliphatic heterocycles. The Labute approximate surface area is 176 Å². The second kappa shape index (κ2) is 7.01. The Hall–Kier alpha value is -2.54. The summed E-state index contributed by atoms with van der Waals surface area (Å²) in [6, 6.07) is 5.94. The lowest BCUT2D eigenvalue weighted by molar-refractivity contribution is 0.355. The lowest BCUT2D eigenvalue weighted by Gasteiger charge is -2.30. The first-order valence-corrected chi connectivity index (χ1v) is 12.2. The number of aromatic nitrogens is 1. The molecule has 2 atom stereocenters. The van der Waals surface area contributed by atoms with E-state index in [0.717, 1.165) is 46.7 Å². The highest BCUT2D eigenvalue weighted by atomic mass is 32.2. The molecule has 0 amide bonds. The van der Waals surface area contributed by atoms with Gasteiger partial charge in [-0.1, -0.05) is 6.42 Å². The topological polar surface area (TPSA) is 77.5 Å². The smallest absolute Gasteiger partial charge is 0.229 e. The molecule has 2 aliphatic carbocycles. The van der Waals surface area contributed by atoms with Gasteiger partial charge >= 0.3 is 0 Å². The predicted octanol–water partition coefficient (Wildman–Crippen LogP) is 4.29.